The van der Waals surface area contributed by atoms with Crippen LogP contribution in [0.1, 0.15) is 86.5 Å². The molecule has 148 valence electrons. The molecule has 2 aliphatic heterocycles. The number of hydrogen-bond donors (Lipinski definition) is 1. The number of ether oxygens (including phenoxy) is 1. The molecule has 3 fully saturated rings. The quantitative estimate of drug-likeness (QED) is 0.734. The Morgan fingerprint density at radius 1 is 0.840 bits per heavy atom. The number of carbonyl (C=O) groups excluding carboxylic acids is 1. The Balaban J connectivity index is 0.000000188. The highest BCUT2D eigenvalue weighted by Crippen LogP contribution is 2.30. The van der Waals surface area contributed by atoms with E-state index < -0.39 is 0 Å². The molecule has 1 amide bonds. The van der Waals surface area contributed by atoms with Crippen molar-refractivity contribution in [1.82, 2.24) is 5.32 Å². The first-order chi connectivity index (χ1) is 11.8. The van der Waals surface area contributed by atoms with Gasteiger partial charge in [0.15, 0.2) is 0 Å². The van der Waals surface area contributed by atoms with Crippen LogP contribution in [0.4, 0.5) is 0 Å². The van der Waals surface area contributed by atoms with Crippen LogP contribution in [-0.4, -0.2) is 25.2 Å². The Hall–Kier alpha value is -0.570. The third-order valence-corrected chi connectivity index (χ3v) is 5.95. The summed E-state index contributed by atoms with van der Waals surface area (Å²) in [6, 6.07) is 0. The molecular weight excluding hydrogens is 310 g/mol. The van der Waals surface area contributed by atoms with Crippen molar-refractivity contribution in [3.63, 3.8) is 0 Å². The van der Waals surface area contributed by atoms with E-state index in [1.165, 1.54) is 38.5 Å². The Labute approximate surface area is 156 Å². The third-order valence-electron chi connectivity index (χ3n) is 5.95. The van der Waals surface area contributed by atoms with Crippen molar-refractivity contribution in [3.05, 3.63) is 0 Å². The second-order valence-electron chi connectivity index (χ2n) is 9.01. The zero-order chi connectivity index (χ0) is 18.8. The van der Waals surface area contributed by atoms with Crippen molar-refractivity contribution < 1.29 is 9.53 Å². The van der Waals surface area contributed by atoms with Crippen LogP contribution in [0.25, 0.3) is 0 Å². The minimum absolute atomic E-state index is 0.241. The van der Waals surface area contributed by atoms with Crippen LogP contribution in [0.15, 0.2) is 0 Å². The molecule has 1 N–H and O–H groups in total. The molecular formula is C22H43NO2. The van der Waals surface area contributed by atoms with Crippen LogP contribution in [-0.2, 0) is 9.53 Å². The Kier molecular flexibility index (Phi) is 10.7. The predicted molar refractivity (Wildman–Crippen MR) is 107 cm³/mol. The lowest BCUT2D eigenvalue weighted by molar-refractivity contribution is -0.123. The summed E-state index contributed by atoms with van der Waals surface area (Å²) in [6.45, 7) is 15.2. The Morgan fingerprint density at radius 3 is 1.72 bits per heavy atom. The molecule has 0 spiro atoms. The van der Waals surface area contributed by atoms with E-state index in [9.17, 15) is 4.79 Å². The molecule has 1 saturated carbocycles. The van der Waals surface area contributed by atoms with Gasteiger partial charge in [0.2, 0.25) is 5.91 Å². The number of carbonyl (C=O) groups is 1. The Morgan fingerprint density at radius 2 is 1.48 bits per heavy atom. The summed E-state index contributed by atoms with van der Waals surface area (Å²) in [5.74, 6) is 3.76. The summed E-state index contributed by atoms with van der Waals surface area (Å²) in [5.41, 5.74) is 0. The maximum atomic E-state index is 10.9. The van der Waals surface area contributed by atoms with Gasteiger partial charge < -0.3 is 10.1 Å². The van der Waals surface area contributed by atoms with E-state index in [2.05, 4.69) is 46.9 Å². The number of hydrogen-bond acceptors (Lipinski definition) is 2. The van der Waals surface area contributed by atoms with Gasteiger partial charge in [-0.15, -0.1) is 0 Å². The van der Waals surface area contributed by atoms with E-state index in [1.807, 2.05) is 0 Å². The fourth-order valence-electron chi connectivity index (χ4n) is 4.00. The monoisotopic (exact) mass is 353 g/mol. The van der Waals surface area contributed by atoms with Crippen molar-refractivity contribution in [2.45, 2.75) is 92.6 Å². The van der Waals surface area contributed by atoms with Crippen molar-refractivity contribution >= 4 is 5.91 Å². The molecule has 2 heterocycles. The van der Waals surface area contributed by atoms with Crippen molar-refractivity contribution in [3.8, 4) is 0 Å². The molecule has 0 aromatic carbocycles. The fourth-order valence-corrected chi connectivity index (χ4v) is 4.00. The van der Waals surface area contributed by atoms with Crippen LogP contribution < -0.4 is 5.32 Å². The average molecular weight is 354 g/mol. The van der Waals surface area contributed by atoms with E-state index >= 15 is 0 Å². The first kappa shape index (κ1) is 22.5. The van der Waals surface area contributed by atoms with E-state index in [1.54, 1.807) is 0 Å². The van der Waals surface area contributed by atoms with Gasteiger partial charge in [0, 0.05) is 19.1 Å². The lowest BCUT2D eigenvalue weighted by Gasteiger charge is -2.11. The van der Waals surface area contributed by atoms with Gasteiger partial charge in [0.25, 0.3) is 0 Å². The van der Waals surface area contributed by atoms with Gasteiger partial charge in [-0.3, -0.25) is 4.79 Å². The molecule has 3 heteroatoms. The minimum atomic E-state index is 0.241. The maximum Gasteiger partial charge on any atom is 0.223 e. The van der Waals surface area contributed by atoms with E-state index in [0.29, 0.717) is 12.0 Å². The Bertz CT molecular complexity index is 333. The molecule has 3 aliphatic rings. The van der Waals surface area contributed by atoms with Crippen LogP contribution >= 0.6 is 0 Å². The van der Waals surface area contributed by atoms with E-state index in [-0.39, 0.29) is 11.8 Å². The molecule has 3 nitrogen and oxygen atoms in total. The second kappa shape index (κ2) is 11.9. The highest BCUT2D eigenvalue weighted by Gasteiger charge is 2.26. The lowest BCUT2D eigenvalue weighted by Crippen LogP contribution is -2.22. The van der Waals surface area contributed by atoms with Gasteiger partial charge in [-0.25, -0.2) is 0 Å². The van der Waals surface area contributed by atoms with Crippen molar-refractivity contribution in [1.29, 1.82) is 0 Å². The first-order valence-electron chi connectivity index (χ1n) is 10.7. The standard InChI is InChI=1S/C8H16.C7H13NO.C7H14O/c1-7(2)8-5-3-4-6-8;1-5(2)6-3-4-8-7(6)9;1-6(2)7-4-3-5-8-7/h7-8H,3-6H2,1-2H3;5-6H,3-4H2,1-2H3,(H,8,9);6-7H,3-5H2,1-2H3/t;6-;/m.1./s1. The normalized spacial score (nSPS) is 26.5. The van der Waals surface area contributed by atoms with Gasteiger partial charge in [-0.1, -0.05) is 67.2 Å². The summed E-state index contributed by atoms with van der Waals surface area (Å²) in [7, 11) is 0. The third kappa shape index (κ3) is 8.57. The lowest BCUT2D eigenvalue weighted by atomic mass is 9.95. The van der Waals surface area contributed by atoms with Crippen molar-refractivity contribution in [2.75, 3.05) is 13.2 Å². The molecule has 25 heavy (non-hydrogen) atoms. The van der Waals surface area contributed by atoms with E-state index in [0.717, 1.165) is 37.3 Å². The van der Waals surface area contributed by atoms with Crippen LogP contribution in [0, 0.1) is 29.6 Å². The van der Waals surface area contributed by atoms with Gasteiger partial charge in [0.05, 0.1) is 6.10 Å². The number of nitrogens with one attached hydrogen (secondary N) is 1. The number of rotatable bonds is 3. The predicted octanol–water partition coefficient (Wildman–Crippen LogP) is 5.43. The van der Waals surface area contributed by atoms with Crippen LogP contribution in [0.5, 0.6) is 0 Å². The largest absolute Gasteiger partial charge is 0.378 e. The second-order valence-corrected chi connectivity index (χ2v) is 9.01. The maximum absolute atomic E-state index is 10.9. The summed E-state index contributed by atoms with van der Waals surface area (Å²) < 4.78 is 5.41. The molecule has 3 rings (SSSR count). The summed E-state index contributed by atoms with van der Waals surface area (Å²) in [6.07, 6.45) is 10.1. The first-order valence-corrected chi connectivity index (χ1v) is 10.7. The highest BCUT2D eigenvalue weighted by atomic mass is 16.5. The van der Waals surface area contributed by atoms with Crippen LogP contribution in [0.2, 0.25) is 0 Å². The van der Waals surface area contributed by atoms with Crippen LogP contribution in [0.3, 0.4) is 0 Å². The topological polar surface area (TPSA) is 38.3 Å². The zero-order valence-electron chi connectivity index (χ0n) is 17.6. The molecule has 0 radical (unpaired) electrons. The highest BCUT2D eigenvalue weighted by molar-refractivity contribution is 5.80. The molecule has 1 aliphatic carbocycles. The minimum Gasteiger partial charge on any atom is -0.378 e. The SMILES string of the molecule is CC(C)C1CCCC1.CC(C)C1CCCO1.CC(C)[C@H]1CCNC1=O. The zero-order valence-corrected chi connectivity index (χ0v) is 17.6. The molecule has 2 saturated heterocycles. The van der Waals surface area contributed by atoms with Gasteiger partial charge in [-0.2, -0.15) is 0 Å². The van der Waals surface area contributed by atoms with E-state index in [4.69, 9.17) is 4.74 Å². The molecule has 0 aromatic heterocycles. The smallest absolute Gasteiger partial charge is 0.223 e. The molecule has 0 bridgehead atoms. The fraction of sp³-hybridized carbons (Fsp3) is 0.955. The van der Waals surface area contributed by atoms with Gasteiger partial charge in [-0.05, 0) is 42.9 Å². The number of amides is 1. The summed E-state index contributed by atoms with van der Waals surface area (Å²) >= 11 is 0. The molecule has 1 unspecified atom stereocenters. The summed E-state index contributed by atoms with van der Waals surface area (Å²) in [4.78, 5) is 10.9. The van der Waals surface area contributed by atoms with Gasteiger partial charge >= 0.3 is 0 Å². The average Bonchev–Trinajstić information content (AvgIpc) is 3.31. The summed E-state index contributed by atoms with van der Waals surface area (Å²) in [5, 5.41) is 2.81. The molecule has 0 aromatic rings. The van der Waals surface area contributed by atoms with Gasteiger partial charge in [0.1, 0.15) is 0 Å². The van der Waals surface area contributed by atoms with Crippen molar-refractivity contribution in [2.24, 2.45) is 29.6 Å². The molecule has 2 atom stereocenters.